The van der Waals surface area contributed by atoms with E-state index in [4.69, 9.17) is 14.2 Å². The molecule has 132 valence electrons. The van der Waals surface area contributed by atoms with Crippen molar-refractivity contribution in [2.24, 2.45) is 11.1 Å². The molecule has 0 aliphatic heterocycles. The van der Waals surface area contributed by atoms with Gasteiger partial charge in [-0.25, -0.2) is 0 Å². The average Bonchev–Trinajstić information content (AvgIpc) is 2.66. The summed E-state index contributed by atoms with van der Waals surface area (Å²) in [4.78, 5) is 0. The lowest BCUT2D eigenvalue weighted by molar-refractivity contribution is 0.313. The number of benzene rings is 2. The van der Waals surface area contributed by atoms with Crippen molar-refractivity contribution in [1.82, 2.24) is 0 Å². The van der Waals surface area contributed by atoms with E-state index < -0.39 is 0 Å². The Morgan fingerprint density at radius 1 is 1.04 bits per heavy atom. The smallest absolute Gasteiger partial charge is 0.161 e. The number of ether oxygens (including phenoxy) is 3. The topological polar surface area (TPSA) is 60.3 Å². The maximum absolute atomic E-state index is 9.67. The van der Waals surface area contributed by atoms with E-state index in [1.54, 1.807) is 21.3 Å². The van der Waals surface area contributed by atoms with Gasteiger partial charge in [0, 0.05) is 11.5 Å². The number of rotatable bonds is 5. The Kier molecular flexibility index (Phi) is 5.12. The Morgan fingerprint density at radius 3 is 2.48 bits per heavy atom. The zero-order valence-electron chi connectivity index (χ0n) is 14.8. The molecule has 2 aromatic rings. The molecule has 0 saturated carbocycles. The third-order valence-corrected chi connectivity index (χ3v) is 4.76. The fourth-order valence-corrected chi connectivity index (χ4v) is 3.47. The Morgan fingerprint density at radius 2 is 1.80 bits per heavy atom. The fraction of sp³-hybridized carbons (Fsp3) is 0.350. The molecule has 1 atom stereocenters. The molecule has 0 saturated heterocycles. The van der Waals surface area contributed by atoms with E-state index in [2.05, 4.69) is 11.2 Å². The predicted molar refractivity (Wildman–Crippen MR) is 96.4 cm³/mol. The predicted octanol–water partition coefficient (Wildman–Crippen LogP) is 3.70. The van der Waals surface area contributed by atoms with Crippen LogP contribution in [-0.2, 0) is 12.8 Å². The van der Waals surface area contributed by atoms with Gasteiger partial charge in [0.25, 0.3) is 0 Å². The zero-order valence-corrected chi connectivity index (χ0v) is 14.8. The molecule has 1 aliphatic carbocycles. The van der Waals surface area contributed by atoms with Gasteiger partial charge >= 0.3 is 0 Å². The fourth-order valence-electron chi connectivity index (χ4n) is 3.47. The minimum absolute atomic E-state index is 0.141. The van der Waals surface area contributed by atoms with Crippen LogP contribution in [0.25, 0.3) is 0 Å². The van der Waals surface area contributed by atoms with Gasteiger partial charge in [0.15, 0.2) is 11.5 Å². The van der Waals surface area contributed by atoms with E-state index in [1.165, 1.54) is 0 Å². The monoisotopic (exact) mass is 341 g/mol. The first-order valence-corrected chi connectivity index (χ1v) is 8.30. The van der Waals surface area contributed by atoms with Crippen molar-refractivity contribution >= 4 is 5.71 Å². The molecule has 3 rings (SSSR count). The summed E-state index contributed by atoms with van der Waals surface area (Å²) in [5, 5.41) is 13.3. The van der Waals surface area contributed by atoms with Gasteiger partial charge < -0.3 is 19.4 Å². The van der Waals surface area contributed by atoms with Crippen molar-refractivity contribution in [3.05, 3.63) is 53.1 Å². The molecule has 0 radical (unpaired) electrons. The molecule has 1 aliphatic rings. The summed E-state index contributed by atoms with van der Waals surface area (Å²) in [6.07, 6.45) is 2.62. The molecule has 0 aromatic heterocycles. The summed E-state index contributed by atoms with van der Waals surface area (Å²) in [6, 6.07) is 11.9. The van der Waals surface area contributed by atoms with Crippen molar-refractivity contribution in [3.8, 4) is 17.2 Å². The van der Waals surface area contributed by atoms with E-state index in [0.29, 0.717) is 17.2 Å². The highest BCUT2D eigenvalue weighted by molar-refractivity contribution is 6.04. The van der Waals surface area contributed by atoms with Gasteiger partial charge in [-0.3, -0.25) is 0 Å². The highest BCUT2D eigenvalue weighted by atomic mass is 16.5. The van der Waals surface area contributed by atoms with Gasteiger partial charge in [0.2, 0.25) is 0 Å². The van der Waals surface area contributed by atoms with Crippen molar-refractivity contribution in [3.63, 3.8) is 0 Å². The number of methoxy groups -OCH3 is 3. The maximum Gasteiger partial charge on any atom is 0.161 e. The summed E-state index contributed by atoms with van der Waals surface area (Å²) >= 11 is 0. The molecule has 0 heterocycles. The second-order valence-corrected chi connectivity index (χ2v) is 6.14. The zero-order chi connectivity index (χ0) is 17.8. The third kappa shape index (κ3) is 3.40. The highest BCUT2D eigenvalue weighted by Gasteiger charge is 2.28. The molecule has 1 N–H and O–H groups in total. The van der Waals surface area contributed by atoms with E-state index in [1.807, 2.05) is 30.3 Å². The summed E-state index contributed by atoms with van der Waals surface area (Å²) in [5.74, 6) is 2.32. The number of oxime groups is 1. The van der Waals surface area contributed by atoms with Crippen LogP contribution in [0.1, 0.15) is 23.1 Å². The highest BCUT2D eigenvalue weighted by Crippen LogP contribution is 2.37. The molecule has 0 bridgehead atoms. The Balaban J connectivity index is 1.92. The molecule has 0 amide bonds. The SMILES string of the molecule is COc1cccc(CC2CCc3cc(OC)c(OC)cc3/C2=N/O)c1. The van der Waals surface area contributed by atoms with Crippen LogP contribution in [0.2, 0.25) is 0 Å². The molecular weight excluding hydrogens is 318 g/mol. The van der Waals surface area contributed by atoms with Crippen molar-refractivity contribution in [2.45, 2.75) is 19.3 Å². The lowest BCUT2D eigenvalue weighted by Crippen LogP contribution is -2.25. The van der Waals surface area contributed by atoms with Crippen molar-refractivity contribution < 1.29 is 19.4 Å². The number of nitrogens with zero attached hydrogens (tertiary/aromatic N) is 1. The van der Waals surface area contributed by atoms with Gasteiger partial charge in [-0.15, -0.1) is 0 Å². The second kappa shape index (κ2) is 7.47. The van der Waals surface area contributed by atoms with E-state index in [9.17, 15) is 5.21 Å². The summed E-state index contributed by atoms with van der Waals surface area (Å²) in [7, 11) is 4.90. The number of fused-ring (bicyclic) bond motifs is 1. The first-order valence-electron chi connectivity index (χ1n) is 8.30. The Labute approximate surface area is 147 Å². The van der Waals surface area contributed by atoms with Gasteiger partial charge in [0.05, 0.1) is 27.0 Å². The van der Waals surface area contributed by atoms with Gasteiger partial charge in [-0.2, -0.15) is 0 Å². The second-order valence-electron chi connectivity index (χ2n) is 6.14. The standard InChI is InChI=1S/C20H23NO4/c1-23-16-6-4-5-13(10-16)9-15-8-7-14-11-18(24-2)19(25-3)12-17(14)20(15)21-22/h4-6,10-12,15,22H,7-9H2,1-3H3/b21-20+. The molecule has 5 nitrogen and oxygen atoms in total. The minimum atomic E-state index is 0.141. The summed E-state index contributed by atoms with van der Waals surface area (Å²) in [6.45, 7) is 0. The van der Waals surface area contributed by atoms with Gasteiger partial charge in [0.1, 0.15) is 5.75 Å². The number of hydrogen-bond acceptors (Lipinski definition) is 5. The molecule has 0 spiro atoms. The largest absolute Gasteiger partial charge is 0.497 e. The van der Waals surface area contributed by atoms with Crippen molar-refractivity contribution in [1.29, 1.82) is 0 Å². The van der Waals surface area contributed by atoms with Gasteiger partial charge in [-0.05, 0) is 54.7 Å². The van der Waals surface area contributed by atoms with Gasteiger partial charge in [-0.1, -0.05) is 17.3 Å². The van der Waals surface area contributed by atoms with E-state index in [-0.39, 0.29) is 5.92 Å². The number of aryl methyl sites for hydroxylation is 1. The van der Waals surface area contributed by atoms with Crippen LogP contribution in [-0.4, -0.2) is 32.2 Å². The summed E-state index contributed by atoms with van der Waals surface area (Å²) < 4.78 is 16.1. The van der Waals surface area contributed by atoms with Crippen molar-refractivity contribution in [2.75, 3.05) is 21.3 Å². The Bertz CT molecular complexity index is 785. The van der Waals surface area contributed by atoms with Crippen LogP contribution in [0.5, 0.6) is 17.2 Å². The van der Waals surface area contributed by atoms with Crippen LogP contribution in [0, 0.1) is 5.92 Å². The third-order valence-electron chi connectivity index (χ3n) is 4.76. The van der Waals surface area contributed by atoms with E-state index >= 15 is 0 Å². The average molecular weight is 341 g/mol. The molecular formula is C20H23NO4. The van der Waals surface area contributed by atoms with Crippen LogP contribution in [0.3, 0.4) is 0 Å². The Hall–Kier alpha value is -2.69. The molecule has 0 fully saturated rings. The molecule has 25 heavy (non-hydrogen) atoms. The molecule has 2 aromatic carbocycles. The van der Waals surface area contributed by atoms with E-state index in [0.717, 1.165) is 41.7 Å². The molecule has 1 unspecified atom stereocenters. The first-order chi connectivity index (χ1) is 12.2. The normalized spacial score (nSPS) is 17.9. The minimum Gasteiger partial charge on any atom is -0.497 e. The lowest BCUT2D eigenvalue weighted by atomic mass is 9.79. The van der Waals surface area contributed by atoms with Crippen LogP contribution >= 0.6 is 0 Å². The maximum atomic E-state index is 9.67. The number of hydrogen-bond donors (Lipinski definition) is 1. The van der Waals surface area contributed by atoms with Crippen LogP contribution in [0.4, 0.5) is 0 Å². The summed E-state index contributed by atoms with van der Waals surface area (Å²) in [5.41, 5.74) is 3.91. The van der Waals surface area contributed by atoms with Crippen LogP contribution < -0.4 is 14.2 Å². The molecule has 5 heteroatoms. The lowest BCUT2D eigenvalue weighted by Gasteiger charge is -2.27. The quantitative estimate of drug-likeness (QED) is 0.665. The van der Waals surface area contributed by atoms with Crippen LogP contribution in [0.15, 0.2) is 41.6 Å². The first kappa shape index (κ1) is 17.1.